The summed E-state index contributed by atoms with van der Waals surface area (Å²) >= 11 is 0. The number of nitrogens with one attached hydrogen (secondary N) is 2. The third-order valence-electron chi connectivity index (χ3n) is 2.61. The zero-order valence-electron chi connectivity index (χ0n) is 11.2. The van der Waals surface area contributed by atoms with E-state index in [0.717, 1.165) is 38.3 Å². The first-order valence-corrected chi connectivity index (χ1v) is 6.27. The van der Waals surface area contributed by atoms with Crippen molar-refractivity contribution in [1.82, 2.24) is 10.2 Å². The minimum atomic E-state index is 0.227. The molecule has 0 unspecified atom stereocenters. The zero-order chi connectivity index (χ0) is 13.4. The molecule has 0 spiro atoms. The van der Waals surface area contributed by atoms with Crippen LogP contribution in [0.5, 0.6) is 5.75 Å². The number of nitrogens with two attached hydrogens (primary N) is 1. The summed E-state index contributed by atoms with van der Waals surface area (Å²) in [5.74, 6) is 0.227. The molecule has 0 radical (unpaired) electrons. The van der Waals surface area contributed by atoms with E-state index in [9.17, 15) is 5.11 Å². The van der Waals surface area contributed by atoms with Crippen LogP contribution < -0.4 is 16.4 Å². The summed E-state index contributed by atoms with van der Waals surface area (Å²) < 4.78 is 0. The van der Waals surface area contributed by atoms with Crippen LogP contribution in [0.1, 0.15) is 6.42 Å². The number of rotatable bonds is 8. The van der Waals surface area contributed by atoms with Crippen LogP contribution >= 0.6 is 0 Å². The molecule has 18 heavy (non-hydrogen) atoms. The van der Waals surface area contributed by atoms with Crippen LogP contribution in [0.25, 0.3) is 0 Å². The van der Waals surface area contributed by atoms with E-state index in [1.807, 2.05) is 0 Å². The summed E-state index contributed by atoms with van der Waals surface area (Å²) in [6, 6.07) is 4.92. The van der Waals surface area contributed by atoms with Gasteiger partial charge < -0.3 is 26.4 Å². The first-order valence-electron chi connectivity index (χ1n) is 6.27. The number of hydrogen-bond acceptors (Lipinski definition) is 5. The van der Waals surface area contributed by atoms with Crippen LogP contribution in [0.15, 0.2) is 18.2 Å². The molecule has 0 saturated heterocycles. The van der Waals surface area contributed by atoms with Gasteiger partial charge in [0.1, 0.15) is 5.75 Å². The van der Waals surface area contributed by atoms with E-state index in [2.05, 4.69) is 29.6 Å². The van der Waals surface area contributed by atoms with Crippen LogP contribution in [0.4, 0.5) is 11.4 Å². The van der Waals surface area contributed by atoms with Gasteiger partial charge in [-0.1, -0.05) is 0 Å². The molecule has 0 aliphatic carbocycles. The highest BCUT2D eigenvalue weighted by atomic mass is 16.3. The summed E-state index contributed by atoms with van der Waals surface area (Å²) in [5, 5.41) is 15.9. The lowest BCUT2D eigenvalue weighted by atomic mass is 10.2. The molecular weight excluding hydrogens is 228 g/mol. The van der Waals surface area contributed by atoms with E-state index in [4.69, 9.17) is 5.73 Å². The number of nitrogens with zero attached hydrogens (tertiary/aromatic N) is 1. The van der Waals surface area contributed by atoms with E-state index in [-0.39, 0.29) is 5.75 Å². The van der Waals surface area contributed by atoms with E-state index < -0.39 is 0 Å². The van der Waals surface area contributed by atoms with Gasteiger partial charge in [0.15, 0.2) is 0 Å². The highest BCUT2D eigenvalue weighted by Gasteiger charge is 1.99. The lowest BCUT2D eigenvalue weighted by molar-refractivity contribution is 0.395. The molecule has 0 saturated carbocycles. The molecule has 0 amide bonds. The molecule has 0 atom stereocenters. The van der Waals surface area contributed by atoms with Gasteiger partial charge in [-0.2, -0.15) is 0 Å². The first-order chi connectivity index (χ1) is 8.59. The predicted octanol–water partition coefficient (Wildman–Crippen LogP) is 0.928. The molecule has 5 heteroatoms. The molecule has 0 fully saturated rings. The van der Waals surface area contributed by atoms with Gasteiger partial charge >= 0.3 is 0 Å². The SMILES string of the molecule is CN(C)CCCNCCNc1cc(O)ccc1N. The lowest BCUT2D eigenvalue weighted by Gasteiger charge is -2.11. The van der Waals surface area contributed by atoms with E-state index in [1.165, 1.54) is 0 Å². The third-order valence-corrected chi connectivity index (χ3v) is 2.61. The molecule has 1 aromatic carbocycles. The molecular formula is C13H24N4O. The molecule has 1 rings (SSSR count). The summed E-state index contributed by atoms with van der Waals surface area (Å²) in [5.41, 5.74) is 7.22. The summed E-state index contributed by atoms with van der Waals surface area (Å²) in [6.45, 7) is 3.77. The molecule has 0 aliphatic heterocycles. The van der Waals surface area contributed by atoms with Crippen LogP contribution in [-0.4, -0.2) is 50.3 Å². The Morgan fingerprint density at radius 1 is 1.22 bits per heavy atom. The summed E-state index contributed by atoms with van der Waals surface area (Å²) in [4.78, 5) is 2.17. The third kappa shape index (κ3) is 5.75. The zero-order valence-corrected chi connectivity index (χ0v) is 11.2. The monoisotopic (exact) mass is 252 g/mol. The van der Waals surface area contributed by atoms with Crippen molar-refractivity contribution in [3.63, 3.8) is 0 Å². The minimum absolute atomic E-state index is 0.227. The van der Waals surface area contributed by atoms with Crippen molar-refractivity contribution in [2.45, 2.75) is 6.42 Å². The second kappa shape index (κ2) is 7.79. The van der Waals surface area contributed by atoms with Gasteiger partial charge in [-0.3, -0.25) is 0 Å². The van der Waals surface area contributed by atoms with Gasteiger partial charge in [0.2, 0.25) is 0 Å². The summed E-state index contributed by atoms with van der Waals surface area (Å²) in [6.07, 6.45) is 1.14. The summed E-state index contributed by atoms with van der Waals surface area (Å²) in [7, 11) is 4.15. The van der Waals surface area contributed by atoms with Gasteiger partial charge in [0.05, 0.1) is 11.4 Å². The van der Waals surface area contributed by atoms with Gasteiger partial charge in [0, 0.05) is 19.2 Å². The quantitative estimate of drug-likeness (QED) is 0.315. The normalized spacial score (nSPS) is 10.8. The van der Waals surface area contributed by atoms with Crippen molar-refractivity contribution >= 4 is 11.4 Å². The Hall–Kier alpha value is -1.46. The van der Waals surface area contributed by atoms with Gasteiger partial charge in [-0.05, 0) is 45.7 Å². The number of phenols is 1. The molecule has 0 bridgehead atoms. The Balaban J connectivity index is 2.12. The van der Waals surface area contributed by atoms with Crippen molar-refractivity contribution in [3.05, 3.63) is 18.2 Å². The Bertz CT molecular complexity index is 355. The molecule has 0 heterocycles. The Kier molecular flexibility index (Phi) is 6.32. The number of aromatic hydroxyl groups is 1. The van der Waals surface area contributed by atoms with Crippen LogP contribution in [0.3, 0.4) is 0 Å². The lowest BCUT2D eigenvalue weighted by Crippen LogP contribution is -2.26. The molecule has 1 aromatic rings. The minimum Gasteiger partial charge on any atom is -0.508 e. The molecule has 0 aliphatic rings. The van der Waals surface area contributed by atoms with Crippen molar-refractivity contribution in [3.8, 4) is 5.75 Å². The van der Waals surface area contributed by atoms with Crippen molar-refractivity contribution in [2.75, 3.05) is 51.3 Å². The Morgan fingerprint density at radius 2 is 2.00 bits per heavy atom. The molecule has 5 nitrogen and oxygen atoms in total. The molecule has 5 N–H and O–H groups in total. The fourth-order valence-corrected chi connectivity index (χ4v) is 1.63. The number of phenolic OH excluding ortho intramolecular Hbond substituents is 1. The average Bonchev–Trinajstić information content (AvgIpc) is 2.32. The molecule has 102 valence electrons. The second-order valence-corrected chi connectivity index (χ2v) is 4.61. The van der Waals surface area contributed by atoms with Gasteiger partial charge in [-0.15, -0.1) is 0 Å². The molecule has 0 aromatic heterocycles. The van der Waals surface area contributed by atoms with Crippen LogP contribution in [-0.2, 0) is 0 Å². The highest BCUT2D eigenvalue weighted by Crippen LogP contribution is 2.22. The number of nitrogen functional groups attached to an aromatic ring is 1. The van der Waals surface area contributed by atoms with Crippen molar-refractivity contribution in [1.29, 1.82) is 0 Å². The highest BCUT2D eigenvalue weighted by molar-refractivity contribution is 5.67. The maximum atomic E-state index is 9.35. The van der Waals surface area contributed by atoms with Crippen molar-refractivity contribution < 1.29 is 5.11 Å². The number of hydrogen-bond donors (Lipinski definition) is 4. The maximum absolute atomic E-state index is 9.35. The van der Waals surface area contributed by atoms with E-state index in [1.54, 1.807) is 18.2 Å². The Labute approximate surface area is 109 Å². The van der Waals surface area contributed by atoms with E-state index >= 15 is 0 Å². The fourth-order valence-electron chi connectivity index (χ4n) is 1.63. The van der Waals surface area contributed by atoms with Crippen LogP contribution in [0.2, 0.25) is 0 Å². The topological polar surface area (TPSA) is 73.5 Å². The largest absolute Gasteiger partial charge is 0.508 e. The predicted molar refractivity (Wildman–Crippen MR) is 77.0 cm³/mol. The van der Waals surface area contributed by atoms with E-state index in [0.29, 0.717) is 5.69 Å². The number of anilines is 2. The maximum Gasteiger partial charge on any atom is 0.117 e. The number of benzene rings is 1. The smallest absolute Gasteiger partial charge is 0.117 e. The Morgan fingerprint density at radius 3 is 2.72 bits per heavy atom. The standard InChI is InChI=1S/C13H24N4O/c1-17(2)9-3-6-15-7-8-16-13-10-11(18)4-5-12(13)14/h4-5,10,15-16,18H,3,6-9,14H2,1-2H3. The second-order valence-electron chi connectivity index (χ2n) is 4.61. The van der Waals surface area contributed by atoms with Crippen LogP contribution in [0, 0.1) is 0 Å². The average molecular weight is 252 g/mol. The van der Waals surface area contributed by atoms with Crippen molar-refractivity contribution in [2.24, 2.45) is 0 Å². The van der Waals surface area contributed by atoms with Gasteiger partial charge in [0.25, 0.3) is 0 Å². The fraction of sp³-hybridized carbons (Fsp3) is 0.538. The van der Waals surface area contributed by atoms with Gasteiger partial charge in [-0.25, -0.2) is 0 Å². The first kappa shape index (κ1) is 14.6.